The number of hydrogen-bond acceptors (Lipinski definition) is 1. The van der Waals surface area contributed by atoms with E-state index in [0.717, 1.165) is 17.8 Å². The summed E-state index contributed by atoms with van der Waals surface area (Å²) < 4.78 is 0. The van der Waals surface area contributed by atoms with E-state index < -0.39 is 0 Å². The molecule has 0 aliphatic heterocycles. The van der Waals surface area contributed by atoms with E-state index in [1.54, 1.807) is 0 Å². The van der Waals surface area contributed by atoms with Crippen molar-refractivity contribution >= 4 is 0 Å². The van der Waals surface area contributed by atoms with Crippen LogP contribution in [0.3, 0.4) is 0 Å². The summed E-state index contributed by atoms with van der Waals surface area (Å²) in [5, 5.41) is 0. The molecule has 1 aromatic carbocycles. The summed E-state index contributed by atoms with van der Waals surface area (Å²) in [6.07, 6.45) is 2.46. The minimum Gasteiger partial charge on any atom is -0.328 e. The summed E-state index contributed by atoms with van der Waals surface area (Å²) >= 11 is 0. The molecule has 1 heteroatoms. The molecule has 3 atom stereocenters. The van der Waals surface area contributed by atoms with Crippen LogP contribution >= 0.6 is 0 Å². The lowest BCUT2D eigenvalue weighted by molar-refractivity contribution is 0.631. The van der Waals surface area contributed by atoms with Gasteiger partial charge >= 0.3 is 0 Å². The molecule has 0 heterocycles. The normalized spacial score (nSPS) is 25.8. The molecule has 1 nitrogen and oxygen atoms in total. The molecule has 88 valence electrons. The second-order valence-corrected chi connectivity index (χ2v) is 5.70. The van der Waals surface area contributed by atoms with Crippen LogP contribution in [-0.2, 0) is 6.42 Å². The summed E-state index contributed by atoms with van der Waals surface area (Å²) in [7, 11) is 0. The SMILES string of the molecule is CC(C)Cc1ccc(C2CC2C(C)N)cc1. The Hall–Kier alpha value is -0.820. The predicted octanol–water partition coefficient (Wildman–Crippen LogP) is 3.34. The van der Waals surface area contributed by atoms with Gasteiger partial charge in [0.05, 0.1) is 0 Å². The average Bonchev–Trinajstić information content (AvgIpc) is 2.97. The Morgan fingerprint density at radius 3 is 2.25 bits per heavy atom. The van der Waals surface area contributed by atoms with Gasteiger partial charge in [0.25, 0.3) is 0 Å². The van der Waals surface area contributed by atoms with Crippen molar-refractivity contribution in [3.63, 3.8) is 0 Å². The molecular weight excluding hydrogens is 194 g/mol. The Labute approximate surface area is 99.0 Å². The van der Waals surface area contributed by atoms with Crippen LogP contribution in [0.5, 0.6) is 0 Å². The van der Waals surface area contributed by atoms with Crippen molar-refractivity contribution in [2.45, 2.75) is 45.6 Å². The first-order valence-electron chi connectivity index (χ1n) is 6.42. The van der Waals surface area contributed by atoms with Gasteiger partial charge in [0.1, 0.15) is 0 Å². The molecule has 2 N–H and O–H groups in total. The second-order valence-electron chi connectivity index (χ2n) is 5.70. The summed E-state index contributed by atoms with van der Waals surface area (Å²) in [5.41, 5.74) is 8.86. The monoisotopic (exact) mass is 217 g/mol. The molecule has 16 heavy (non-hydrogen) atoms. The van der Waals surface area contributed by atoms with E-state index in [0.29, 0.717) is 6.04 Å². The lowest BCUT2D eigenvalue weighted by Crippen LogP contribution is -2.17. The Bertz CT molecular complexity index is 337. The Kier molecular flexibility index (Phi) is 3.34. The molecule has 0 radical (unpaired) electrons. The van der Waals surface area contributed by atoms with Crippen LogP contribution < -0.4 is 5.73 Å². The van der Waals surface area contributed by atoms with Crippen molar-refractivity contribution in [1.82, 2.24) is 0 Å². The molecule has 0 aromatic heterocycles. The number of rotatable bonds is 4. The van der Waals surface area contributed by atoms with Crippen LogP contribution in [0, 0.1) is 11.8 Å². The Balaban J connectivity index is 1.98. The van der Waals surface area contributed by atoms with Crippen LogP contribution in [0.2, 0.25) is 0 Å². The summed E-state index contributed by atoms with van der Waals surface area (Å²) in [5.74, 6) is 2.19. The smallest absolute Gasteiger partial charge is 0.00448 e. The van der Waals surface area contributed by atoms with Crippen molar-refractivity contribution in [2.24, 2.45) is 17.6 Å². The van der Waals surface area contributed by atoms with Gasteiger partial charge in [0.2, 0.25) is 0 Å². The molecule has 1 fully saturated rings. The molecule has 3 unspecified atom stereocenters. The lowest BCUT2D eigenvalue weighted by Gasteiger charge is -2.07. The maximum atomic E-state index is 5.92. The van der Waals surface area contributed by atoms with Gasteiger partial charge in [0.15, 0.2) is 0 Å². The van der Waals surface area contributed by atoms with Crippen molar-refractivity contribution in [3.8, 4) is 0 Å². The first kappa shape index (κ1) is 11.7. The van der Waals surface area contributed by atoms with E-state index in [9.17, 15) is 0 Å². The molecule has 1 aliphatic rings. The topological polar surface area (TPSA) is 26.0 Å². The predicted molar refractivity (Wildman–Crippen MR) is 69.5 cm³/mol. The van der Waals surface area contributed by atoms with E-state index in [1.807, 2.05) is 0 Å². The highest BCUT2D eigenvalue weighted by molar-refractivity contribution is 5.30. The van der Waals surface area contributed by atoms with E-state index in [1.165, 1.54) is 24.0 Å². The van der Waals surface area contributed by atoms with E-state index in [2.05, 4.69) is 45.0 Å². The molecule has 2 rings (SSSR count). The zero-order valence-corrected chi connectivity index (χ0v) is 10.6. The van der Waals surface area contributed by atoms with Crippen molar-refractivity contribution in [2.75, 3.05) is 0 Å². The van der Waals surface area contributed by atoms with Crippen molar-refractivity contribution in [3.05, 3.63) is 35.4 Å². The van der Waals surface area contributed by atoms with Gasteiger partial charge in [-0.2, -0.15) is 0 Å². The molecule has 1 saturated carbocycles. The molecule has 0 saturated heterocycles. The number of benzene rings is 1. The van der Waals surface area contributed by atoms with Crippen LogP contribution in [0.1, 0.15) is 44.2 Å². The highest BCUT2D eigenvalue weighted by atomic mass is 14.7. The van der Waals surface area contributed by atoms with Gasteiger partial charge in [0, 0.05) is 6.04 Å². The third-order valence-corrected chi connectivity index (χ3v) is 3.57. The summed E-state index contributed by atoms with van der Waals surface area (Å²) in [6, 6.07) is 9.51. The molecular formula is C15H23N. The summed E-state index contributed by atoms with van der Waals surface area (Å²) in [6.45, 7) is 6.65. The molecule has 1 aromatic rings. The van der Waals surface area contributed by atoms with Gasteiger partial charge < -0.3 is 5.73 Å². The molecule has 0 bridgehead atoms. The Morgan fingerprint density at radius 1 is 1.19 bits per heavy atom. The minimum atomic E-state index is 0.348. The lowest BCUT2D eigenvalue weighted by atomic mass is 9.99. The van der Waals surface area contributed by atoms with Gasteiger partial charge in [-0.25, -0.2) is 0 Å². The van der Waals surface area contributed by atoms with Crippen molar-refractivity contribution < 1.29 is 0 Å². The van der Waals surface area contributed by atoms with Gasteiger partial charge in [-0.1, -0.05) is 38.1 Å². The third kappa shape index (κ3) is 2.65. The van der Waals surface area contributed by atoms with Crippen LogP contribution in [0.15, 0.2) is 24.3 Å². The first-order valence-corrected chi connectivity index (χ1v) is 6.42. The van der Waals surface area contributed by atoms with Crippen LogP contribution in [0.25, 0.3) is 0 Å². The zero-order valence-electron chi connectivity index (χ0n) is 10.6. The number of hydrogen-bond donors (Lipinski definition) is 1. The van der Waals surface area contributed by atoms with Gasteiger partial charge in [-0.3, -0.25) is 0 Å². The first-order chi connectivity index (χ1) is 7.58. The molecule has 0 spiro atoms. The largest absolute Gasteiger partial charge is 0.328 e. The fraction of sp³-hybridized carbons (Fsp3) is 0.600. The Morgan fingerprint density at radius 2 is 1.81 bits per heavy atom. The second kappa shape index (κ2) is 4.58. The quantitative estimate of drug-likeness (QED) is 0.822. The summed E-state index contributed by atoms with van der Waals surface area (Å²) in [4.78, 5) is 0. The van der Waals surface area contributed by atoms with Crippen LogP contribution in [0.4, 0.5) is 0 Å². The van der Waals surface area contributed by atoms with E-state index in [-0.39, 0.29) is 0 Å². The maximum Gasteiger partial charge on any atom is 0.00448 e. The van der Waals surface area contributed by atoms with Gasteiger partial charge in [-0.05, 0) is 48.6 Å². The highest BCUT2D eigenvalue weighted by Crippen LogP contribution is 2.48. The standard InChI is InChI=1S/C15H23N/c1-10(2)8-12-4-6-13(7-5-12)15-9-14(15)11(3)16/h4-7,10-11,14-15H,8-9,16H2,1-3H3. The zero-order chi connectivity index (χ0) is 11.7. The fourth-order valence-electron chi connectivity index (χ4n) is 2.55. The maximum absolute atomic E-state index is 5.92. The van der Waals surface area contributed by atoms with Crippen LogP contribution in [-0.4, -0.2) is 6.04 Å². The van der Waals surface area contributed by atoms with Gasteiger partial charge in [-0.15, -0.1) is 0 Å². The fourth-order valence-corrected chi connectivity index (χ4v) is 2.55. The average molecular weight is 217 g/mol. The highest BCUT2D eigenvalue weighted by Gasteiger charge is 2.40. The number of nitrogens with two attached hydrogens (primary N) is 1. The van der Waals surface area contributed by atoms with Crippen molar-refractivity contribution in [1.29, 1.82) is 0 Å². The van der Waals surface area contributed by atoms with E-state index in [4.69, 9.17) is 5.73 Å². The molecule has 1 aliphatic carbocycles. The van der Waals surface area contributed by atoms with E-state index >= 15 is 0 Å². The minimum absolute atomic E-state index is 0.348. The molecule has 0 amide bonds. The third-order valence-electron chi connectivity index (χ3n) is 3.57.